The van der Waals surface area contributed by atoms with E-state index < -0.39 is 21.8 Å². The van der Waals surface area contributed by atoms with Crippen LogP contribution in [0.5, 0.6) is 0 Å². The first-order valence-corrected chi connectivity index (χ1v) is 9.24. The van der Waals surface area contributed by atoms with Crippen molar-refractivity contribution in [2.45, 2.75) is 37.8 Å². The molecule has 1 atom stereocenters. The Balaban J connectivity index is 1.58. The minimum Gasteiger partial charge on any atom is -0.376 e. The molecular formula is C13H20N2O5S. The SMILES string of the molecule is O=C1C2CS(=O)(=O)CCN2C(=O)N1CCOC1CCCC1. The maximum atomic E-state index is 12.2. The van der Waals surface area contributed by atoms with E-state index in [4.69, 9.17) is 4.74 Å². The van der Waals surface area contributed by atoms with Crippen LogP contribution in [0.2, 0.25) is 0 Å². The van der Waals surface area contributed by atoms with Crippen molar-refractivity contribution in [2.75, 3.05) is 31.2 Å². The van der Waals surface area contributed by atoms with Crippen molar-refractivity contribution < 1.29 is 22.7 Å². The van der Waals surface area contributed by atoms with Crippen LogP contribution in [-0.2, 0) is 19.4 Å². The molecule has 0 N–H and O–H groups in total. The Labute approximate surface area is 124 Å². The Morgan fingerprint density at radius 3 is 2.62 bits per heavy atom. The molecule has 2 saturated heterocycles. The quantitative estimate of drug-likeness (QED) is 0.682. The van der Waals surface area contributed by atoms with E-state index in [1.807, 2.05) is 0 Å². The highest BCUT2D eigenvalue weighted by atomic mass is 32.2. The van der Waals surface area contributed by atoms with Crippen LogP contribution in [0.3, 0.4) is 0 Å². The average Bonchev–Trinajstić information content (AvgIpc) is 3.01. The lowest BCUT2D eigenvalue weighted by molar-refractivity contribution is -0.128. The number of sulfone groups is 1. The number of nitrogens with zero attached hydrogens (tertiary/aromatic N) is 2. The summed E-state index contributed by atoms with van der Waals surface area (Å²) in [6.45, 7) is 0.647. The molecule has 2 heterocycles. The van der Waals surface area contributed by atoms with E-state index in [-0.39, 0.29) is 36.7 Å². The molecule has 1 aliphatic carbocycles. The van der Waals surface area contributed by atoms with E-state index in [0.29, 0.717) is 6.61 Å². The fourth-order valence-corrected chi connectivity index (χ4v) is 4.69. The zero-order chi connectivity index (χ0) is 15.0. The van der Waals surface area contributed by atoms with Crippen molar-refractivity contribution in [1.82, 2.24) is 9.80 Å². The predicted molar refractivity (Wildman–Crippen MR) is 74.5 cm³/mol. The second kappa shape index (κ2) is 5.57. The molecule has 0 aromatic carbocycles. The topological polar surface area (TPSA) is 84.0 Å². The third kappa shape index (κ3) is 2.91. The summed E-state index contributed by atoms with van der Waals surface area (Å²) < 4.78 is 28.9. The molecule has 0 aromatic heterocycles. The van der Waals surface area contributed by atoms with Gasteiger partial charge in [-0.2, -0.15) is 0 Å². The highest BCUT2D eigenvalue weighted by Gasteiger charge is 2.49. The molecule has 118 valence electrons. The molecule has 21 heavy (non-hydrogen) atoms. The molecule has 3 amide bonds. The lowest BCUT2D eigenvalue weighted by Gasteiger charge is -2.26. The van der Waals surface area contributed by atoms with Gasteiger partial charge in [0.15, 0.2) is 9.84 Å². The van der Waals surface area contributed by atoms with Crippen LogP contribution in [0.4, 0.5) is 4.79 Å². The normalized spacial score (nSPS) is 29.2. The van der Waals surface area contributed by atoms with Crippen molar-refractivity contribution in [2.24, 2.45) is 0 Å². The maximum absolute atomic E-state index is 12.2. The first-order valence-electron chi connectivity index (χ1n) is 7.42. The summed E-state index contributed by atoms with van der Waals surface area (Å²) >= 11 is 0. The van der Waals surface area contributed by atoms with Gasteiger partial charge < -0.3 is 9.64 Å². The van der Waals surface area contributed by atoms with Gasteiger partial charge in [0.1, 0.15) is 6.04 Å². The monoisotopic (exact) mass is 316 g/mol. The number of amides is 3. The number of fused-ring (bicyclic) bond motifs is 1. The smallest absolute Gasteiger partial charge is 0.327 e. The van der Waals surface area contributed by atoms with Gasteiger partial charge in [-0.15, -0.1) is 0 Å². The zero-order valence-electron chi connectivity index (χ0n) is 11.9. The number of ether oxygens (including phenoxy) is 1. The molecule has 0 radical (unpaired) electrons. The summed E-state index contributed by atoms with van der Waals surface area (Å²) in [7, 11) is -3.22. The molecule has 3 fully saturated rings. The van der Waals surface area contributed by atoms with E-state index in [0.717, 1.165) is 17.7 Å². The van der Waals surface area contributed by atoms with Gasteiger partial charge in [-0.05, 0) is 12.8 Å². The molecule has 3 aliphatic rings. The predicted octanol–water partition coefficient (Wildman–Crippen LogP) is 0.00680. The summed E-state index contributed by atoms with van der Waals surface area (Å²) in [6, 6.07) is -1.21. The summed E-state index contributed by atoms with van der Waals surface area (Å²) in [6.07, 6.45) is 4.64. The van der Waals surface area contributed by atoms with Crippen LogP contribution in [0.1, 0.15) is 25.7 Å². The molecule has 2 aliphatic heterocycles. The maximum Gasteiger partial charge on any atom is 0.327 e. The number of urea groups is 1. The molecule has 0 aromatic rings. The van der Waals surface area contributed by atoms with Crippen LogP contribution in [0.25, 0.3) is 0 Å². The Hall–Kier alpha value is -1.15. The number of imide groups is 1. The Morgan fingerprint density at radius 2 is 1.90 bits per heavy atom. The minimum absolute atomic E-state index is 0.0606. The average molecular weight is 316 g/mol. The first kappa shape index (κ1) is 14.8. The molecular weight excluding hydrogens is 296 g/mol. The number of carbonyl (C=O) groups excluding carboxylic acids is 2. The lowest BCUT2D eigenvalue weighted by Crippen LogP contribution is -2.48. The standard InChI is InChI=1S/C13H20N2O5S/c16-12-11-9-21(18,19)8-6-14(11)13(17)15(12)5-7-20-10-3-1-2-4-10/h10-11H,1-9H2. The number of hydrogen-bond acceptors (Lipinski definition) is 5. The number of rotatable bonds is 4. The van der Waals surface area contributed by atoms with Gasteiger partial charge in [-0.25, -0.2) is 13.2 Å². The Bertz CT molecular complexity index is 541. The molecule has 7 nitrogen and oxygen atoms in total. The van der Waals surface area contributed by atoms with Crippen molar-refractivity contribution in [3.8, 4) is 0 Å². The van der Waals surface area contributed by atoms with Gasteiger partial charge in [0, 0.05) is 6.54 Å². The second-order valence-corrected chi connectivity index (χ2v) is 8.10. The molecule has 0 spiro atoms. The van der Waals surface area contributed by atoms with E-state index >= 15 is 0 Å². The minimum atomic E-state index is -3.22. The van der Waals surface area contributed by atoms with Crippen LogP contribution in [-0.4, -0.2) is 73.5 Å². The van der Waals surface area contributed by atoms with E-state index in [9.17, 15) is 18.0 Å². The van der Waals surface area contributed by atoms with Crippen molar-refractivity contribution in [3.05, 3.63) is 0 Å². The highest BCUT2D eigenvalue weighted by molar-refractivity contribution is 7.91. The lowest BCUT2D eigenvalue weighted by atomic mass is 10.3. The Morgan fingerprint density at radius 1 is 1.19 bits per heavy atom. The van der Waals surface area contributed by atoms with Crippen LogP contribution >= 0.6 is 0 Å². The van der Waals surface area contributed by atoms with Gasteiger partial charge in [0.2, 0.25) is 0 Å². The molecule has 0 bridgehead atoms. The second-order valence-electron chi connectivity index (χ2n) is 5.87. The van der Waals surface area contributed by atoms with Crippen LogP contribution < -0.4 is 0 Å². The van der Waals surface area contributed by atoms with Gasteiger partial charge in [0.25, 0.3) is 5.91 Å². The number of carbonyl (C=O) groups is 2. The van der Waals surface area contributed by atoms with Crippen molar-refractivity contribution in [1.29, 1.82) is 0 Å². The summed E-state index contributed by atoms with van der Waals surface area (Å²) in [4.78, 5) is 26.9. The molecule has 1 saturated carbocycles. The molecule has 3 rings (SSSR count). The highest BCUT2D eigenvalue weighted by Crippen LogP contribution is 2.24. The van der Waals surface area contributed by atoms with E-state index in [1.54, 1.807) is 0 Å². The number of hydrogen-bond donors (Lipinski definition) is 0. The first-order chi connectivity index (χ1) is 9.98. The summed E-state index contributed by atoms with van der Waals surface area (Å²) in [5.74, 6) is -0.717. The van der Waals surface area contributed by atoms with Gasteiger partial charge in [-0.1, -0.05) is 12.8 Å². The molecule has 1 unspecified atom stereocenters. The van der Waals surface area contributed by atoms with Crippen molar-refractivity contribution >= 4 is 21.8 Å². The third-order valence-corrected chi connectivity index (χ3v) is 6.06. The van der Waals surface area contributed by atoms with E-state index in [2.05, 4.69) is 0 Å². The van der Waals surface area contributed by atoms with E-state index in [1.165, 1.54) is 17.7 Å². The third-order valence-electron chi connectivity index (χ3n) is 4.43. The summed E-state index contributed by atoms with van der Waals surface area (Å²) in [5, 5.41) is 0. The fraction of sp³-hybridized carbons (Fsp3) is 0.846. The van der Waals surface area contributed by atoms with Crippen LogP contribution in [0.15, 0.2) is 0 Å². The van der Waals surface area contributed by atoms with Gasteiger partial charge >= 0.3 is 6.03 Å². The zero-order valence-corrected chi connectivity index (χ0v) is 12.7. The fourth-order valence-electron chi connectivity index (χ4n) is 3.24. The van der Waals surface area contributed by atoms with Crippen molar-refractivity contribution in [3.63, 3.8) is 0 Å². The van der Waals surface area contributed by atoms with Gasteiger partial charge in [-0.3, -0.25) is 9.69 Å². The summed E-state index contributed by atoms with van der Waals surface area (Å²) in [5.41, 5.74) is 0. The van der Waals surface area contributed by atoms with Crippen LogP contribution in [0, 0.1) is 0 Å². The van der Waals surface area contributed by atoms with Gasteiger partial charge in [0.05, 0.1) is 30.8 Å². The molecule has 8 heteroatoms. The largest absolute Gasteiger partial charge is 0.376 e. The Kier molecular flexibility index (Phi) is 3.92.